The summed E-state index contributed by atoms with van der Waals surface area (Å²) in [4.78, 5) is 30.6. The van der Waals surface area contributed by atoms with E-state index in [1.165, 1.54) is 18.2 Å². The number of aromatic nitrogens is 1. The number of hydrogen-bond acceptors (Lipinski definition) is 5. The van der Waals surface area contributed by atoms with Crippen molar-refractivity contribution in [3.8, 4) is 0 Å². The van der Waals surface area contributed by atoms with Gasteiger partial charge in [0.2, 0.25) is 5.91 Å². The van der Waals surface area contributed by atoms with Crippen molar-refractivity contribution < 1.29 is 9.72 Å². The number of non-ortho nitro benzene ring substituents is 1. The Morgan fingerprint density at radius 1 is 1.19 bits per heavy atom. The molecule has 1 aromatic heterocycles. The van der Waals surface area contributed by atoms with Gasteiger partial charge in [-0.2, -0.15) is 0 Å². The van der Waals surface area contributed by atoms with E-state index in [-0.39, 0.29) is 18.0 Å². The number of aliphatic imine (C=N–C) groups is 1. The van der Waals surface area contributed by atoms with Crippen molar-refractivity contribution in [1.29, 1.82) is 0 Å². The van der Waals surface area contributed by atoms with Gasteiger partial charge in [-0.3, -0.25) is 19.9 Å². The molecule has 21 heavy (non-hydrogen) atoms. The molecule has 2 aromatic rings. The fourth-order valence-electron chi connectivity index (χ4n) is 2.07. The van der Waals surface area contributed by atoms with Gasteiger partial charge in [0.15, 0.2) is 0 Å². The molecule has 1 aliphatic rings. The molecule has 3 rings (SSSR count). The molecular weight excluding hydrogens is 272 g/mol. The summed E-state index contributed by atoms with van der Waals surface area (Å²) in [7, 11) is 0. The van der Waals surface area contributed by atoms with Crippen LogP contribution in [0.5, 0.6) is 0 Å². The molecule has 0 bridgehead atoms. The first kappa shape index (κ1) is 12.9. The van der Waals surface area contributed by atoms with Crippen LogP contribution >= 0.6 is 0 Å². The van der Waals surface area contributed by atoms with Gasteiger partial charge in [0.25, 0.3) is 5.69 Å². The van der Waals surface area contributed by atoms with Gasteiger partial charge in [-0.1, -0.05) is 0 Å². The number of benzene rings is 1. The molecule has 0 aliphatic carbocycles. The van der Waals surface area contributed by atoms with Gasteiger partial charge in [0.05, 0.1) is 28.4 Å². The van der Waals surface area contributed by atoms with E-state index in [0.717, 1.165) is 5.56 Å². The summed E-state index contributed by atoms with van der Waals surface area (Å²) in [6.07, 6.45) is 3.32. The minimum atomic E-state index is -0.491. The van der Waals surface area contributed by atoms with Crippen LogP contribution in [0.1, 0.15) is 12.0 Å². The van der Waals surface area contributed by atoms with Gasteiger partial charge in [-0.15, -0.1) is 0 Å². The normalized spacial score (nSPS) is 13.7. The van der Waals surface area contributed by atoms with Crippen LogP contribution in [-0.4, -0.2) is 21.5 Å². The molecule has 2 heterocycles. The Bertz CT molecular complexity index is 756. The fourth-order valence-corrected chi connectivity index (χ4v) is 2.07. The lowest BCUT2D eigenvalue weighted by molar-refractivity contribution is -0.384. The molecule has 1 aliphatic heterocycles. The van der Waals surface area contributed by atoms with Gasteiger partial charge in [-0.05, 0) is 23.8 Å². The molecular formula is C14H10N4O3. The van der Waals surface area contributed by atoms with E-state index >= 15 is 0 Å². The first-order valence-corrected chi connectivity index (χ1v) is 6.20. The summed E-state index contributed by atoms with van der Waals surface area (Å²) in [6, 6.07) is 7.67. The van der Waals surface area contributed by atoms with Crippen molar-refractivity contribution in [2.75, 3.05) is 5.32 Å². The minimum Gasteiger partial charge on any atom is -0.324 e. The standard InChI is InChI=1S/C14H10N4O3/c19-14-8-12(9-3-5-15-6-4-9)16-13-7-10(18(20)21)1-2-11(13)17-14/h1-7H,8H2,(H,17,19). The van der Waals surface area contributed by atoms with Crippen LogP contribution < -0.4 is 5.32 Å². The highest BCUT2D eigenvalue weighted by Crippen LogP contribution is 2.32. The molecule has 0 spiro atoms. The number of anilines is 1. The number of rotatable bonds is 2. The Kier molecular flexibility index (Phi) is 3.15. The molecule has 0 saturated heterocycles. The van der Waals surface area contributed by atoms with E-state index in [1.54, 1.807) is 24.5 Å². The predicted octanol–water partition coefficient (Wildman–Crippen LogP) is 2.45. The third-order valence-corrected chi connectivity index (χ3v) is 3.06. The van der Waals surface area contributed by atoms with Gasteiger partial charge in [0, 0.05) is 24.5 Å². The zero-order valence-corrected chi connectivity index (χ0v) is 10.8. The highest BCUT2D eigenvalue weighted by molar-refractivity contribution is 6.16. The fraction of sp³-hybridized carbons (Fsp3) is 0.0714. The van der Waals surface area contributed by atoms with Crippen molar-refractivity contribution in [3.63, 3.8) is 0 Å². The van der Waals surface area contributed by atoms with E-state index in [2.05, 4.69) is 15.3 Å². The lowest BCUT2D eigenvalue weighted by Gasteiger charge is -2.03. The van der Waals surface area contributed by atoms with Crippen molar-refractivity contribution >= 4 is 28.7 Å². The number of amides is 1. The number of nitro benzene ring substituents is 1. The molecule has 104 valence electrons. The molecule has 0 fully saturated rings. The SMILES string of the molecule is O=C1CC(c2ccncc2)=Nc2cc([N+](=O)[O-])ccc2N1. The summed E-state index contributed by atoms with van der Waals surface area (Å²) < 4.78 is 0. The third-order valence-electron chi connectivity index (χ3n) is 3.06. The largest absolute Gasteiger partial charge is 0.324 e. The molecule has 1 amide bonds. The second kappa shape index (κ2) is 5.12. The van der Waals surface area contributed by atoms with E-state index in [4.69, 9.17) is 0 Å². The van der Waals surface area contributed by atoms with E-state index in [0.29, 0.717) is 17.1 Å². The Morgan fingerprint density at radius 2 is 1.95 bits per heavy atom. The van der Waals surface area contributed by atoms with Crippen LogP contribution in [0.4, 0.5) is 17.1 Å². The average Bonchev–Trinajstić information content (AvgIpc) is 2.65. The Labute approximate surface area is 119 Å². The van der Waals surface area contributed by atoms with Crippen LogP contribution in [0, 0.1) is 10.1 Å². The lowest BCUT2D eigenvalue weighted by atomic mass is 10.1. The van der Waals surface area contributed by atoms with Crippen LogP contribution in [0.3, 0.4) is 0 Å². The number of carbonyl (C=O) groups excluding carboxylic acids is 1. The quantitative estimate of drug-likeness (QED) is 0.675. The second-order valence-corrected chi connectivity index (χ2v) is 4.48. The zero-order valence-electron chi connectivity index (χ0n) is 10.8. The average molecular weight is 282 g/mol. The summed E-state index contributed by atoms with van der Waals surface area (Å²) in [6.45, 7) is 0. The second-order valence-electron chi connectivity index (χ2n) is 4.48. The summed E-state index contributed by atoms with van der Waals surface area (Å²) >= 11 is 0. The monoisotopic (exact) mass is 282 g/mol. The number of nitrogens with zero attached hydrogens (tertiary/aromatic N) is 3. The topological polar surface area (TPSA) is 97.5 Å². The highest BCUT2D eigenvalue weighted by Gasteiger charge is 2.19. The summed E-state index contributed by atoms with van der Waals surface area (Å²) in [5.41, 5.74) is 2.09. The minimum absolute atomic E-state index is 0.0669. The Hall–Kier alpha value is -3.09. The van der Waals surface area contributed by atoms with Crippen LogP contribution in [-0.2, 0) is 4.79 Å². The lowest BCUT2D eigenvalue weighted by Crippen LogP contribution is -2.14. The number of carbonyl (C=O) groups is 1. The zero-order chi connectivity index (χ0) is 14.8. The van der Waals surface area contributed by atoms with Crippen molar-refractivity contribution in [2.24, 2.45) is 4.99 Å². The number of fused-ring (bicyclic) bond motifs is 1. The van der Waals surface area contributed by atoms with Crippen molar-refractivity contribution in [3.05, 3.63) is 58.4 Å². The Balaban J connectivity index is 2.12. The first-order valence-electron chi connectivity index (χ1n) is 6.20. The molecule has 0 atom stereocenters. The van der Waals surface area contributed by atoms with Crippen LogP contribution in [0.2, 0.25) is 0 Å². The predicted molar refractivity (Wildman–Crippen MR) is 76.8 cm³/mol. The smallest absolute Gasteiger partial charge is 0.271 e. The first-order chi connectivity index (χ1) is 10.1. The molecule has 0 unspecified atom stereocenters. The molecule has 0 radical (unpaired) electrons. The number of nitrogens with one attached hydrogen (secondary N) is 1. The maximum atomic E-state index is 11.9. The van der Waals surface area contributed by atoms with E-state index in [1.807, 2.05) is 0 Å². The number of hydrogen-bond donors (Lipinski definition) is 1. The highest BCUT2D eigenvalue weighted by atomic mass is 16.6. The van der Waals surface area contributed by atoms with Gasteiger partial charge < -0.3 is 5.32 Å². The van der Waals surface area contributed by atoms with Crippen molar-refractivity contribution in [2.45, 2.75) is 6.42 Å². The molecule has 0 saturated carbocycles. The third kappa shape index (κ3) is 2.62. The van der Waals surface area contributed by atoms with Gasteiger partial charge in [0.1, 0.15) is 0 Å². The molecule has 7 nitrogen and oxygen atoms in total. The number of pyridine rings is 1. The van der Waals surface area contributed by atoms with E-state index < -0.39 is 4.92 Å². The maximum absolute atomic E-state index is 11.9. The molecule has 1 aromatic carbocycles. The number of nitro groups is 1. The van der Waals surface area contributed by atoms with E-state index in [9.17, 15) is 14.9 Å². The van der Waals surface area contributed by atoms with Gasteiger partial charge in [-0.25, -0.2) is 4.99 Å². The summed E-state index contributed by atoms with van der Waals surface area (Å²) in [5.74, 6) is -0.210. The summed E-state index contributed by atoms with van der Waals surface area (Å²) in [5, 5.41) is 13.5. The Morgan fingerprint density at radius 3 is 2.67 bits per heavy atom. The van der Waals surface area contributed by atoms with Crippen LogP contribution in [0.25, 0.3) is 0 Å². The van der Waals surface area contributed by atoms with Gasteiger partial charge >= 0.3 is 0 Å². The van der Waals surface area contributed by atoms with Crippen molar-refractivity contribution in [1.82, 2.24) is 4.98 Å². The molecule has 7 heteroatoms. The maximum Gasteiger partial charge on any atom is 0.271 e. The van der Waals surface area contributed by atoms with Crippen LogP contribution in [0.15, 0.2) is 47.7 Å². The molecule has 1 N–H and O–H groups in total.